The third-order valence-corrected chi connectivity index (χ3v) is 4.08. The summed E-state index contributed by atoms with van der Waals surface area (Å²) in [6.07, 6.45) is -0.848. The molecule has 1 amide bonds. The van der Waals surface area contributed by atoms with Crippen LogP contribution in [-0.2, 0) is 11.3 Å². The molecule has 2 N–H and O–H groups in total. The Morgan fingerprint density at radius 2 is 2.00 bits per heavy atom. The lowest BCUT2D eigenvalue weighted by Crippen LogP contribution is -2.40. The molecule has 0 spiro atoms. The zero-order valence-corrected chi connectivity index (χ0v) is 13.6. The molecule has 5 heteroatoms. The van der Waals surface area contributed by atoms with E-state index in [1.165, 1.54) is 0 Å². The normalized spacial score (nSPS) is 22.5. The van der Waals surface area contributed by atoms with Gasteiger partial charge in [-0.1, -0.05) is 30.3 Å². The van der Waals surface area contributed by atoms with Gasteiger partial charge in [0, 0.05) is 31.1 Å². The van der Waals surface area contributed by atoms with Crippen molar-refractivity contribution < 1.29 is 14.6 Å². The minimum absolute atomic E-state index is 0.0313. The van der Waals surface area contributed by atoms with Crippen molar-refractivity contribution >= 4 is 6.09 Å². The van der Waals surface area contributed by atoms with Gasteiger partial charge in [-0.2, -0.15) is 0 Å². The Labute approximate surface area is 132 Å². The van der Waals surface area contributed by atoms with Crippen molar-refractivity contribution in [3.8, 4) is 0 Å². The second-order valence-corrected chi connectivity index (χ2v) is 6.85. The Balaban J connectivity index is 1.72. The van der Waals surface area contributed by atoms with E-state index in [1.54, 1.807) is 0 Å². The van der Waals surface area contributed by atoms with E-state index in [0.29, 0.717) is 13.1 Å². The highest BCUT2D eigenvalue weighted by Gasteiger charge is 2.36. The lowest BCUT2D eigenvalue weighted by molar-refractivity contribution is 0.117. The quantitative estimate of drug-likeness (QED) is 0.893. The number of rotatable bonds is 4. The van der Waals surface area contributed by atoms with E-state index in [4.69, 9.17) is 4.74 Å². The summed E-state index contributed by atoms with van der Waals surface area (Å²) in [5.41, 5.74) is 0.987. The molecule has 2 rings (SSSR count). The number of carbonyl (C=O) groups is 1. The van der Waals surface area contributed by atoms with Gasteiger partial charge in [-0.15, -0.1) is 0 Å². The maximum Gasteiger partial charge on any atom is 0.407 e. The fourth-order valence-corrected chi connectivity index (χ4v) is 2.59. The highest BCUT2D eigenvalue weighted by molar-refractivity contribution is 5.67. The van der Waals surface area contributed by atoms with Crippen LogP contribution in [0.4, 0.5) is 4.79 Å². The van der Waals surface area contributed by atoms with E-state index in [1.807, 2.05) is 30.3 Å². The van der Waals surface area contributed by atoms with Crippen LogP contribution in [0.2, 0.25) is 0 Å². The summed E-state index contributed by atoms with van der Waals surface area (Å²) in [6.45, 7) is 8.50. The molecule has 1 fully saturated rings. The van der Waals surface area contributed by atoms with Crippen molar-refractivity contribution in [1.82, 2.24) is 10.2 Å². The minimum atomic E-state index is -0.440. The maximum absolute atomic E-state index is 11.7. The number of hydrogen-bond donors (Lipinski definition) is 2. The van der Waals surface area contributed by atoms with E-state index < -0.39 is 12.2 Å². The molecule has 122 valence electrons. The van der Waals surface area contributed by atoms with Gasteiger partial charge in [-0.05, 0) is 26.3 Å². The number of amides is 1. The van der Waals surface area contributed by atoms with Crippen LogP contribution in [0.25, 0.3) is 0 Å². The summed E-state index contributed by atoms with van der Waals surface area (Å²) in [5, 5.41) is 12.9. The predicted octanol–water partition coefficient (Wildman–Crippen LogP) is 2.00. The summed E-state index contributed by atoms with van der Waals surface area (Å²) in [5.74, 6) is 0.0449. The Morgan fingerprint density at radius 3 is 2.59 bits per heavy atom. The highest BCUT2D eigenvalue weighted by atomic mass is 16.5. The number of nitrogens with zero attached hydrogens (tertiary/aromatic N) is 1. The SMILES string of the molecule is CC(C)(C)N1C[C@H](CNC(=O)OCc2ccccc2)[C@H](O)C1. The van der Waals surface area contributed by atoms with Gasteiger partial charge in [0.2, 0.25) is 0 Å². The molecular weight excluding hydrogens is 280 g/mol. The molecule has 1 heterocycles. The van der Waals surface area contributed by atoms with Crippen molar-refractivity contribution in [3.63, 3.8) is 0 Å². The summed E-state index contributed by atoms with van der Waals surface area (Å²) in [7, 11) is 0. The highest BCUT2D eigenvalue weighted by Crippen LogP contribution is 2.24. The van der Waals surface area contributed by atoms with E-state index in [2.05, 4.69) is 31.0 Å². The molecule has 1 saturated heterocycles. The van der Waals surface area contributed by atoms with Crippen molar-refractivity contribution in [3.05, 3.63) is 35.9 Å². The molecule has 0 unspecified atom stereocenters. The third-order valence-electron chi connectivity index (χ3n) is 4.08. The second kappa shape index (κ2) is 7.11. The minimum Gasteiger partial charge on any atom is -0.445 e. The molecule has 1 aliphatic rings. The van der Waals surface area contributed by atoms with Gasteiger partial charge < -0.3 is 15.2 Å². The fraction of sp³-hybridized carbons (Fsp3) is 0.588. The Bertz CT molecular complexity index is 484. The van der Waals surface area contributed by atoms with Gasteiger partial charge in [0.1, 0.15) is 6.61 Å². The van der Waals surface area contributed by atoms with Gasteiger partial charge >= 0.3 is 6.09 Å². The first-order valence-electron chi connectivity index (χ1n) is 7.74. The van der Waals surface area contributed by atoms with E-state index in [0.717, 1.165) is 12.1 Å². The van der Waals surface area contributed by atoms with Gasteiger partial charge in [-0.3, -0.25) is 4.90 Å². The molecule has 1 aliphatic heterocycles. The van der Waals surface area contributed by atoms with Gasteiger partial charge in [-0.25, -0.2) is 4.79 Å². The Morgan fingerprint density at radius 1 is 1.32 bits per heavy atom. The van der Waals surface area contributed by atoms with E-state index in [-0.39, 0.29) is 18.1 Å². The smallest absolute Gasteiger partial charge is 0.407 e. The molecule has 1 aromatic carbocycles. The van der Waals surface area contributed by atoms with Crippen LogP contribution in [0.5, 0.6) is 0 Å². The molecular formula is C17H26N2O3. The van der Waals surface area contributed by atoms with Crippen LogP contribution >= 0.6 is 0 Å². The van der Waals surface area contributed by atoms with E-state index >= 15 is 0 Å². The third kappa shape index (κ3) is 4.71. The number of carbonyl (C=O) groups excluding carboxylic acids is 1. The number of hydrogen-bond acceptors (Lipinski definition) is 4. The number of aliphatic hydroxyl groups is 1. The Hall–Kier alpha value is -1.59. The van der Waals surface area contributed by atoms with E-state index in [9.17, 15) is 9.90 Å². The van der Waals surface area contributed by atoms with Crippen LogP contribution in [0.1, 0.15) is 26.3 Å². The molecule has 1 aromatic rings. The average molecular weight is 306 g/mol. The zero-order chi connectivity index (χ0) is 16.2. The standard InChI is InChI=1S/C17H26N2O3/c1-17(2,3)19-10-14(15(20)11-19)9-18-16(21)22-12-13-7-5-4-6-8-13/h4-8,14-15,20H,9-12H2,1-3H3,(H,18,21)/t14-,15+/m0/s1. The average Bonchev–Trinajstić information content (AvgIpc) is 2.85. The Kier molecular flexibility index (Phi) is 5.42. The number of benzene rings is 1. The topological polar surface area (TPSA) is 61.8 Å². The first-order chi connectivity index (χ1) is 10.4. The predicted molar refractivity (Wildman–Crippen MR) is 85.5 cm³/mol. The summed E-state index contributed by atoms with van der Waals surface area (Å²) >= 11 is 0. The molecule has 0 bridgehead atoms. The van der Waals surface area contributed by atoms with Gasteiger partial charge in [0.25, 0.3) is 0 Å². The van der Waals surface area contributed by atoms with Crippen molar-refractivity contribution in [2.75, 3.05) is 19.6 Å². The number of aliphatic hydroxyl groups excluding tert-OH is 1. The van der Waals surface area contributed by atoms with Crippen molar-refractivity contribution in [2.24, 2.45) is 5.92 Å². The summed E-state index contributed by atoms with van der Waals surface area (Å²) < 4.78 is 5.17. The van der Waals surface area contributed by atoms with Gasteiger partial charge in [0.15, 0.2) is 0 Å². The van der Waals surface area contributed by atoms with Crippen LogP contribution < -0.4 is 5.32 Å². The fourth-order valence-electron chi connectivity index (χ4n) is 2.59. The second-order valence-electron chi connectivity index (χ2n) is 6.85. The molecule has 0 saturated carbocycles. The largest absolute Gasteiger partial charge is 0.445 e. The first-order valence-corrected chi connectivity index (χ1v) is 7.74. The lowest BCUT2D eigenvalue weighted by Gasteiger charge is -2.31. The number of ether oxygens (including phenoxy) is 1. The maximum atomic E-state index is 11.7. The summed E-state index contributed by atoms with van der Waals surface area (Å²) in [4.78, 5) is 14.0. The zero-order valence-electron chi connectivity index (χ0n) is 13.6. The number of likely N-dealkylation sites (tertiary alicyclic amines) is 1. The van der Waals surface area contributed by atoms with Crippen molar-refractivity contribution in [1.29, 1.82) is 0 Å². The molecule has 2 atom stereocenters. The number of alkyl carbamates (subject to hydrolysis) is 1. The lowest BCUT2D eigenvalue weighted by atomic mass is 10.1. The molecule has 22 heavy (non-hydrogen) atoms. The first kappa shape index (κ1) is 16.8. The van der Waals surface area contributed by atoms with Crippen LogP contribution in [0, 0.1) is 5.92 Å². The summed E-state index contributed by atoms with van der Waals surface area (Å²) in [6, 6.07) is 9.57. The van der Waals surface area contributed by atoms with Crippen LogP contribution in [-0.4, -0.2) is 47.4 Å². The molecule has 5 nitrogen and oxygen atoms in total. The van der Waals surface area contributed by atoms with Gasteiger partial charge in [0.05, 0.1) is 6.10 Å². The molecule has 0 aromatic heterocycles. The monoisotopic (exact) mass is 306 g/mol. The van der Waals surface area contributed by atoms with Crippen molar-refractivity contribution in [2.45, 2.75) is 39.0 Å². The molecule has 0 aliphatic carbocycles. The molecule has 0 radical (unpaired) electrons. The van der Waals surface area contributed by atoms with Crippen LogP contribution in [0.3, 0.4) is 0 Å². The number of nitrogens with one attached hydrogen (secondary N) is 1. The van der Waals surface area contributed by atoms with Crippen LogP contribution in [0.15, 0.2) is 30.3 Å². The number of β-amino-alcohol motifs (C(OH)–C–C–N with tert-alkyl or cyclic N) is 1.